The number of carbonyl (C=O) groups excluding carboxylic acids is 2. The van der Waals surface area contributed by atoms with Gasteiger partial charge in [0, 0.05) is 42.4 Å². The van der Waals surface area contributed by atoms with E-state index in [-0.39, 0.29) is 6.04 Å². The maximum Gasteiger partial charge on any atom is 0.313 e. The molecule has 2 aliphatic rings. The van der Waals surface area contributed by atoms with Crippen LogP contribution >= 0.6 is 23.5 Å². The fraction of sp³-hybridized carbons (Fsp3) is 0.556. The minimum absolute atomic E-state index is 0.0540. The fourth-order valence-corrected chi connectivity index (χ4v) is 5.97. The first-order chi connectivity index (χ1) is 12.0. The highest BCUT2D eigenvalue weighted by Crippen LogP contribution is 2.45. The number of benzene rings is 1. The Labute approximate surface area is 157 Å². The number of nitrogens with one attached hydrogen (secondary N) is 2. The molecule has 2 aliphatic heterocycles. The summed E-state index contributed by atoms with van der Waals surface area (Å²) >= 11 is 3.84. The Morgan fingerprint density at radius 1 is 1.20 bits per heavy atom. The molecule has 1 unspecified atom stereocenters. The summed E-state index contributed by atoms with van der Waals surface area (Å²) in [4.78, 5) is 26.7. The van der Waals surface area contributed by atoms with Crippen molar-refractivity contribution in [2.24, 2.45) is 0 Å². The summed E-state index contributed by atoms with van der Waals surface area (Å²) in [5, 5.41) is 5.58. The molecule has 0 radical (unpaired) electrons. The minimum Gasteiger partial charge on any atom is -0.344 e. The van der Waals surface area contributed by atoms with Gasteiger partial charge in [-0.15, -0.1) is 23.5 Å². The van der Waals surface area contributed by atoms with Gasteiger partial charge in [0.1, 0.15) is 0 Å². The summed E-state index contributed by atoms with van der Waals surface area (Å²) in [5.41, 5.74) is 1.87. The first kappa shape index (κ1) is 18.6. The zero-order valence-electron chi connectivity index (χ0n) is 14.7. The van der Waals surface area contributed by atoms with Crippen molar-refractivity contribution in [2.75, 3.05) is 29.9 Å². The molecule has 0 aliphatic carbocycles. The van der Waals surface area contributed by atoms with Crippen molar-refractivity contribution in [3.8, 4) is 0 Å². The summed E-state index contributed by atoms with van der Waals surface area (Å²) in [6.07, 6.45) is 0.892. The summed E-state index contributed by atoms with van der Waals surface area (Å²) in [6.45, 7) is 6.06. The van der Waals surface area contributed by atoms with Crippen LogP contribution in [0.1, 0.15) is 30.4 Å². The van der Waals surface area contributed by atoms with Crippen LogP contribution in [0.15, 0.2) is 24.3 Å². The minimum atomic E-state index is -0.591. The van der Waals surface area contributed by atoms with E-state index in [1.165, 1.54) is 5.56 Å². The Bertz CT molecular complexity index is 633. The Morgan fingerprint density at radius 3 is 2.64 bits per heavy atom. The van der Waals surface area contributed by atoms with Crippen LogP contribution in [0.2, 0.25) is 0 Å². The van der Waals surface area contributed by atoms with Crippen LogP contribution in [0, 0.1) is 0 Å². The van der Waals surface area contributed by atoms with E-state index in [4.69, 9.17) is 0 Å². The Hall–Kier alpha value is -1.18. The maximum absolute atomic E-state index is 12.2. The molecule has 1 aromatic rings. The molecular weight excluding hydrogens is 354 g/mol. The topological polar surface area (TPSA) is 61.4 Å². The standard InChI is InChI=1S/C18H25N3O2S2/c1-12(2)21-7-6-15(11-21)20-17(23)16(22)19-14-5-3-4-13(10-14)18-24-8-9-25-18/h3-5,10,12,15,18H,6-9,11H2,1-2H3,(H,19,22)(H,20,23). The van der Waals surface area contributed by atoms with Gasteiger partial charge < -0.3 is 10.6 Å². The van der Waals surface area contributed by atoms with Crippen LogP contribution < -0.4 is 10.6 Å². The lowest BCUT2D eigenvalue weighted by atomic mass is 10.2. The van der Waals surface area contributed by atoms with E-state index in [2.05, 4.69) is 35.4 Å². The number of anilines is 1. The zero-order chi connectivity index (χ0) is 17.8. The molecule has 2 heterocycles. The van der Waals surface area contributed by atoms with Gasteiger partial charge in [-0.05, 0) is 38.0 Å². The third-order valence-electron chi connectivity index (χ3n) is 4.53. The van der Waals surface area contributed by atoms with Crippen LogP contribution in [0.3, 0.4) is 0 Å². The summed E-state index contributed by atoms with van der Waals surface area (Å²) in [5.74, 6) is 1.17. The molecule has 2 N–H and O–H groups in total. The molecule has 0 spiro atoms. The van der Waals surface area contributed by atoms with Crippen LogP contribution in [0.25, 0.3) is 0 Å². The average molecular weight is 380 g/mol. The van der Waals surface area contributed by atoms with E-state index in [9.17, 15) is 9.59 Å². The van der Waals surface area contributed by atoms with Gasteiger partial charge in [-0.2, -0.15) is 0 Å². The van der Waals surface area contributed by atoms with Crippen LogP contribution in [0.4, 0.5) is 5.69 Å². The lowest BCUT2D eigenvalue weighted by Crippen LogP contribution is -2.43. The van der Waals surface area contributed by atoms with Crippen LogP contribution in [-0.4, -0.2) is 53.4 Å². The number of thioether (sulfide) groups is 2. The van der Waals surface area contributed by atoms with Gasteiger partial charge in [0.25, 0.3) is 0 Å². The summed E-state index contributed by atoms with van der Waals surface area (Å²) in [7, 11) is 0. The third kappa shape index (κ3) is 4.92. The molecule has 136 valence electrons. The van der Waals surface area contributed by atoms with E-state index in [1.54, 1.807) is 0 Å². The predicted octanol–water partition coefficient (Wildman–Crippen LogP) is 2.70. The smallest absolute Gasteiger partial charge is 0.313 e. The normalized spacial score (nSPS) is 21.6. The largest absolute Gasteiger partial charge is 0.344 e. The summed E-state index contributed by atoms with van der Waals surface area (Å²) < 4.78 is 0.422. The van der Waals surface area contributed by atoms with Gasteiger partial charge in [0.2, 0.25) is 0 Å². The quantitative estimate of drug-likeness (QED) is 0.788. The SMILES string of the molecule is CC(C)N1CCC(NC(=O)C(=O)Nc2cccc(C3SCCS3)c2)C1. The van der Waals surface area contributed by atoms with Crippen molar-refractivity contribution in [3.63, 3.8) is 0 Å². The number of rotatable bonds is 4. The third-order valence-corrected chi connectivity index (χ3v) is 7.63. The molecule has 1 aromatic carbocycles. The molecule has 2 amide bonds. The molecule has 0 aromatic heterocycles. The van der Waals surface area contributed by atoms with Crippen molar-refractivity contribution in [1.82, 2.24) is 10.2 Å². The number of amides is 2. The highest BCUT2D eigenvalue weighted by Gasteiger charge is 2.27. The van der Waals surface area contributed by atoms with Gasteiger partial charge in [0.05, 0.1) is 4.58 Å². The molecule has 1 atom stereocenters. The van der Waals surface area contributed by atoms with Crippen LogP contribution in [-0.2, 0) is 9.59 Å². The van der Waals surface area contributed by atoms with E-state index in [0.717, 1.165) is 31.0 Å². The van der Waals surface area contributed by atoms with Crippen molar-refractivity contribution in [2.45, 2.75) is 36.9 Å². The van der Waals surface area contributed by atoms with Gasteiger partial charge in [-0.1, -0.05) is 12.1 Å². The molecule has 0 bridgehead atoms. The molecule has 2 saturated heterocycles. The maximum atomic E-state index is 12.2. The Balaban J connectivity index is 1.53. The molecular formula is C18H25N3O2S2. The molecule has 2 fully saturated rings. The molecule has 3 rings (SSSR count). The second kappa shape index (κ2) is 8.47. The number of nitrogens with zero attached hydrogens (tertiary/aromatic N) is 1. The fourth-order valence-electron chi connectivity index (χ4n) is 3.13. The molecule has 25 heavy (non-hydrogen) atoms. The Kier molecular flexibility index (Phi) is 6.30. The summed E-state index contributed by atoms with van der Waals surface area (Å²) in [6, 6.07) is 8.32. The molecule has 5 nitrogen and oxygen atoms in total. The second-order valence-electron chi connectivity index (χ2n) is 6.70. The first-order valence-electron chi connectivity index (χ1n) is 8.72. The van der Waals surface area contributed by atoms with Gasteiger partial charge in [-0.25, -0.2) is 0 Å². The highest BCUT2D eigenvalue weighted by molar-refractivity contribution is 8.19. The molecule has 7 heteroatoms. The number of likely N-dealkylation sites (tertiary alicyclic amines) is 1. The van der Waals surface area contributed by atoms with Gasteiger partial charge in [-0.3, -0.25) is 14.5 Å². The van der Waals surface area contributed by atoms with E-state index in [1.807, 2.05) is 41.7 Å². The monoisotopic (exact) mass is 379 g/mol. The lowest BCUT2D eigenvalue weighted by molar-refractivity contribution is -0.136. The molecule has 0 saturated carbocycles. The van der Waals surface area contributed by atoms with Crippen LogP contribution in [0.5, 0.6) is 0 Å². The average Bonchev–Trinajstić information content (AvgIpc) is 3.27. The predicted molar refractivity (Wildman–Crippen MR) is 106 cm³/mol. The highest BCUT2D eigenvalue weighted by atomic mass is 32.2. The van der Waals surface area contributed by atoms with Crippen molar-refractivity contribution in [1.29, 1.82) is 0 Å². The van der Waals surface area contributed by atoms with Gasteiger partial charge in [0.15, 0.2) is 0 Å². The van der Waals surface area contributed by atoms with Gasteiger partial charge >= 0.3 is 11.8 Å². The number of hydrogen-bond donors (Lipinski definition) is 2. The number of carbonyl (C=O) groups is 2. The van der Waals surface area contributed by atoms with E-state index >= 15 is 0 Å². The second-order valence-corrected chi connectivity index (χ2v) is 9.43. The zero-order valence-corrected chi connectivity index (χ0v) is 16.3. The lowest BCUT2D eigenvalue weighted by Gasteiger charge is -2.20. The number of hydrogen-bond acceptors (Lipinski definition) is 5. The first-order valence-corrected chi connectivity index (χ1v) is 10.8. The van der Waals surface area contributed by atoms with E-state index < -0.39 is 11.8 Å². The van der Waals surface area contributed by atoms with Crippen molar-refractivity contribution < 1.29 is 9.59 Å². The Morgan fingerprint density at radius 2 is 1.96 bits per heavy atom. The van der Waals surface area contributed by atoms with E-state index in [0.29, 0.717) is 16.3 Å². The van der Waals surface area contributed by atoms with Crippen molar-refractivity contribution >= 4 is 41.0 Å². The van der Waals surface area contributed by atoms with Crippen molar-refractivity contribution in [3.05, 3.63) is 29.8 Å².